The molecule has 1 heterocycles. The number of hydroxylamine groups is 1. The lowest BCUT2D eigenvalue weighted by atomic mass is 10.1. The molecule has 0 saturated carbocycles. The molecular formula is C18H24N4O4S2. The van der Waals surface area contributed by atoms with Crippen molar-refractivity contribution in [2.45, 2.75) is 24.8 Å². The molecule has 1 aromatic rings. The van der Waals surface area contributed by atoms with Gasteiger partial charge in [0.15, 0.2) is 0 Å². The van der Waals surface area contributed by atoms with Gasteiger partial charge < -0.3 is 15.1 Å². The largest absolute Gasteiger partial charge is 0.438 e. The molecule has 0 aliphatic carbocycles. The molecule has 1 aliphatic rings. The predicted molar refractivity (Wildman–Crippen MR) is 112 cm³/mol. The number of benzene rings is 1. The summed E-state index contributed by atoms with van der Waals surface area (Å²) < 4.78 is 0. The monoisotopic (exact) mass is 424 g/mol. The highest BCUT2D eigenvalue weighted by molar-refractivity contribution is 8.03. The van der Waals surface area contributed by atoms with Crippen molar-refractivity contribution >= 4 is 47.1 Å². The standard InChI is InChI=1S/C18H24N4O4S2/c1-11(2)22(14-7-6-12(27-5)8-13(14)17(24)19-3)18(25)26-20-15-9-21(4)16(23)10-28-15/h6-9,11,20H,10H2,1-5H3,(H,19,24). The van der Waals surface area contributed by atoms with Gasteiger partial charge in [-0.1, -0.05) is 11.8 Å². The minimum absolute atomic E-state index is 0.0326. The Labute approximate surface area is 173 Å². The van der Waals surface area contributed by atoms with Crippen molar-refractivity contribution in [2.24, 2.45) is 0 Å². The van der Waals surface area contributed by atoms with E-state index in [9.17, 15) is 14.4 Å². The smallest absolute Gasteiger partial charge is 0.355 e. The second-order valence-electron chi connectivity index (χ2n) is 6.18. The molecule has 0 atom stereocenters. The maximum Gasteiger partial charge on any atom is 0.438 e. The number of hydrogen-bond acceptors (Lipinski definition) is 7. The number of thioether (sulfide) groups is 2. The van der Waals surface area contributed by atoms with Gasteiger partial charge in [0.25, 0.3) is 5.91 Å². The average Bonchev–Trinajstić information content (AvgIpc) is 2.68. The molecular weight excluding hydrogens is 400 g/mol. The van der Waals surface area contributed by atoms with Crippen LogP contribution in [-0.2, 0) is 9.63 Å². The molecule has 0 bridgehead atoms. The Kier molecular flexibility index (Phi) is 7.64. The van der Waals surface area contributed by atoms with Gasteiger partial charge in [-0.2, -0.15) is 0 Å². The summed E-state index contributed by atoms with van der Waals surface area (Å²) in [6.07, 6.45) is 2.82. The summed E-state index contributed by atoms with van der Waals surface area (Å²) in [5.74, 6) is -0.0599. The Morgan fingerprint density at radius 1 is 1.36 bits per heavy atom. The number of nitrogens with one attached hydrogen (secondary N) is 2. The van der Waals surface area contributed by atoms with Gasteiger partial charge in [0.05, 0.1) is 17.0 Å². The minimum atomic E-state index is -0.655. The SMILES string of the molecule is CNC(=O)c1cc(SC)ccc1N(C(=O)ONC1=CN(C)C(=O)CS1)C(C)C. The molecule has 0 aromatic heterocycles. The van der Waals surface area contributed by atoms with E-state index in [0.29, 0.717) is 16.3 Å². The summed E-state index contributed by atoms with van der Waals surface area (Å²) in [5.41, 5.74) is 3.44. The van der Waals surface area contributed by atoms with Gasteiger partial charge in [0.1, 0.15) is 5.03 Å². The second-order valence-corrected chi connectivity index (χ2v) is 8.08. The number of hydrogen-bond donors (Lipinski definition) is 2. The van der Waals surface area contributed by atoms with Crippen LogP contribution in [0.2, 0.25) is 0 Å². The Balaban J connectivity index is 2.25. The topological polar surface area (TPSA) is 91.0 Å². The molecule has 1 aromatic carbocycles. The zero-order valence-electron chi connectivity index (χ0n) is 16.4. The molecule has 0 unspecified atom stereocenters. The van der Waals surface area contributed by atoms with E-state index in [1.165, 1.54) is 33.3 Å². The zero-order chi connectivity index (χ0) is 20.8. The third-order valence-electron chi connectivity index (χ3n) is 3.94. The summed E-state index contributed by atoms with van der Waals surface area (Å²) in [7, 11) is 3.18. The van der Waals surface area contributed by atoms with Gasteiger partial charge in [0, 0.05) is 31.2 Å². The Morgan fingerprint density at radius 2 is 2.07 bits per heavy atom. The third-order valence-corrected chi connectivity index (χ3v) is 5.56. The number of carbonyl (C=O) groups is 3. The summed E-state index contributed by atoms with van der Waals surface area (Å²) in [6.45, 7) is 3.66. The maximum atomic E-state index is 12.8. The lowest BCUT2D eigenvalue weighted by Gasteiger charge is -2.28. The minimum Gasteiger partial charge on any atom is -0.355 e. The summed E-state index contributed by atoms with van der Waals surface area (Å²) >= 11 is 2.75. The molecule has 1 aliphatic heterocycles. The highest BCUT2D eigenvalue weighted by Crippen LogP contribution is 2.28. The first-order valence-electron chi connectivity index (χ1n) is 8.55. The van der Waals surface area contributed by atoms with Crippen LogP contribution in [-0.4, -0.2) is 55.0 Å². The van der Waals surface area contributed by atoms with E-state index < -0.39 is 6.09 Å². The summed E-state index contributed by atoms with van der Waals surface area (Å²) in [6, 6.07) is 5.08. The Bertz CT molecular complexity index is 798. The Hall–Kier alpha value is -2.33. The summed E-state index contributed by atoms with van der Waals surface area (Å²) in [5, 5.41) is 3.15. The molecule has 0 radical (unpaired) electrons. The number of amides is 3. The fourth-order valence-electron chi connectivity index (χ4n) is 2.48. The fourth-order valence-corrected chi connectivity index (χ4v) is 3.74. The quantitative estimate of drug-likeness (QED) is 0.536. The van der Waals surface area contributed by atoms with Crippen molar-refractivity contribution in [1.29, 1.82) is 0 Å². The third kappa shape index (κ3) is 5.14. The van der Waals surface area contributed by atoms with Gasteiger partial charge in [-0.15, -0.1) is 11.8 Å². The van der Waals surface area contributed by atoms with Crippen LogP contribution >= 0.6 is 23.5 Å². The number of anilines is 1. The molecule has 2 N–H and O–H groups in total. The predicted octanol–water partition coefficient (Wildman–Crippen LogP) is 2.63. The van der Waals surface area contributed by atoms with Crippen molar-refractivity contribution in [1.82, 2.24) is 15.7 Å². The van der Waals surface area contributed by atoms with E-state index >= 15 is 0 Å². The van der Waals surface area contributed by atoms with Crippen molar-refractivity contribution in [2.75, 3.05) is 31.0 Å². The van der Waals surface area contributed by atoms with Crippen LogP contribution in [0.5, 0.6) is 0 Å². The van der Waals surface area contributed by atoms with Crippen LogP contribution in [0.15, 0.2) is 34.3 Å². The van der Waals surface area contributed by atoms with Crippen molar-refractivity contribution in [3.63, 3.8) is 0 Å². The van der Waals surface area contributed by atoms with E-state index in [2.05, 4.69) is 10.8 Å². The Morgan fingerprint density at radius 3 is 2.64 bits per heavy atom. The molecule has 10 heteroatoms. The molecule has 8 nitrogen and oxygen atoms in total. The van der Waals surface area contributed by atoms with E-state index in [4.69, 9.17) is 4.84 Å². The molecule has 152 valence electrons. The van der Waals surface area contributed by atoms with Crippen molar-refractivity contribution in [3.05, 3.63) is 35.0 Å². The van der Waals surface area contributed by atoms with Crippen LogP contribution < -0.4 is 15.7 Å². The fraction of sp³-hybridized carbons (Fsp3) is 0.389. The first-order valence-corrected chi connectivity index (χ1v) is 10.8. The van der Waals surface area contributed by atoms with Gasteiger partial charge in [0.2, 0.25) is 5.91 Å². The summed E-state index contributed by atoms with van der Waals surface area (Å²) in [4.78, 5) is 45.6. The van der Waals surface area contributed by atoms with Gasteiger partial charge >= 0.3 is 6.09 Å². The lowest BCUT2D eigenvalue weighted by Crippen LogP contribution is -2.41. The highest BCUT2D eigenvalue weighted by atomic mass is 32.2. The van der Waals surface area contributed by atoms with Gasteiger partial charge in [-0.05, 0) is 38.3 Å². The van der Waals surface area contributed by atoms with E-state index in [1.807, 2.05) is 26.2 Å². The van der Waals surface area contributed by atoms with E-state index in [-0.39, 0.29) is 23.6 Å². The average molecular weight is 425 g/mol. The first kappa shape index (κ1) is 22.0. The molecule has 0 saturated heterocycles. The van der Waals surface area contributed by atoms with Crippen molar-refractivity contribution < 1.29 is 19.2 Å². The van der Waals surface area contributed by atoms with Gasteiger partial charge in [-0.25, -0.2) is 10.3 Å². The van der Waals surface area contributed by atoms with Crippen molar-refractivity contribution in [3.8, 4) is 0 Å². The van der Waals surface area contributed by atoms with Crippen LogP contribution in [0.4, 0.5) is 10.5 Å². The zero-order valence-corrected chi connectivity index (χ0v) is 18.1. The second kappa shape index (κ2) is 9.74. The number of nitrogens with zero attached hydrogens (tertiary/aromatic N) is 2. The first-order chi connectivity index (χ1) is 13.3. The molecule has 3 amide bonds. The van der Waals surface area contributed by atoms with Gasteiger partial charge in [-0.3, -0.25) is 14.5 Å². The van der Waals surface area contributed by atoms with E-state index in [1.54, 1.807) is 32.4 Å². The highest BCUT2D eigenvalue weighted by Gasteiger charge is 2.27. The van der Waals surface area contributed by atoms with E-state index in [0.717, 1.165) is 4.90 Å². The van der Waals surface area contributed by atoms with Crippen LogP contribution in [0.3, 0.4) is 0 Å². The number of rotatable bonds is 6. The molecule has 0 fully saturated rings. The molecule has 2 rings (SSSR count). The number of carbonyl (C=O) groups excluding carboxylic acids is 3. The molecule has 28 heavy (non-hydrogen) atoms. The lowest BCUT2D eigenvalue weighted by molar-refractivity contribution is -0.125. The van der Waals surface area contributed by atoms with Crippen LogP contribution in [0, 0.1) is 0 Å². The van der Waals surface area contributed by atoms with Crippen LogP contribution in [0.25, 0.3) is 0 Å². The normalized spacial score (nSPS) is 13.9. The molecule has 0 spiro atoms. The van der Waals surface area contributed by atoms with Crippen LogP contribution in [0.1, 0.15) is 24.2 Å². The maximum absolute atomic E-state index is 12.8.